The Morgan fingerprint density at radius 2 is 2.04 bits per heavy atom. The third kappa shape index (κ3) is 3.50. The van der Waals surface area contributed by atoms with Crippen LogP contribution in [0.25, 0.3) is 5.52 Å². The van der Waals surface area contributed by atoms with Gasteiger partial charge in [0.2, 0.25) is 5.82 Å². The number of amides is 2. The first kappa shape index (κ1) is 17.0. The Bertz CT molecular complexity index is 692. The molecule has 0 spiro atoms. The van der Waals surface area contributed by atoms with E-state index in [-0.39, 0.29) is 23.3 Å². The van der Waals surface area contributed by atoms with Gasteiger partial charge in [-0.3, -0.25) is 14.0 Å². The fraction of sp³-hybridized carbons (Fsp3) is 0.438. The molecule has 2 aromatic heterocycles. The Balaban J connectivity index is 2.40. The number of aromatic nitrogens is 2. The highest BCUT2D eigenvalue weighted by atomic mass is 16.5. The maximum atomic E-state index is 12.6. The van der Waals surface area contributed by atoms with E-state index in [9.17, 15) is 9.59 Å². The van der Waals surface area contributed by atoms with Crippen molar-refractivity contribution in [3.05, 3.63) is 35.9 Å². The molecule has 2 rings (SSSR count). The Morgan fingerprint density at radius 1 is 1.30 bits per heavy atom. The van der Waals surface area contributed by atoms with Crippen molar-refractivity contribution >= 4 is 17.3 Å². The number of hydrogen-bond donors (Lipinski definition) is 1. The van der Waals surface area contributed by atoms with Gasteiger partial charge in [-0.25, -0.2) is 4.98 Å². The van der Waals surface area contributed by atoms with E-state index in [1.165, 1.54) is 0 Å². The summed E-state index contributed by atoms with van der Waals surface area (Å²) in [5.41, 5.74) is 0.857. The van der Waals surface area contributed by atoms with Crippen LogP contribution in [0.15, 0.2) is 24.4 Å². The van der Waals surface area contributed by atoms with Crippen molar-refractivity contribution in [3.63, 3.8) is 0 Å². The molecule has 7 nitrogen and oxygen atoms in total. The molecule has 0 unspecified atom stereocenters. The number of methoxy groups -OCH3 is 1. The molecule has 7 heteroatoms. The maximum absolute atomic E-state index is 12.6. The molecular weight excluding hydrogens is 296 g/mol. The molecular formula is C16H22N4O3. The molecule has 2 amide bonds. The molecule has 0 atom stereocenters. The van der Waals surface area contributed by atoms with Crippen molar-refractivity contribution in [1.29, 1.82) is 0 Å². The van der Waals surface area contributed by atoms with Crippen LogP contribution in [0.1, 0.15) is 35.0 Å². The van der Waals surface area contributed by atoms with Gasteiger partial charge in [-0.2, -0.15) is 0 Å². The fourth-order valence-electron chi connectivity index (χ4n) is 2.36. The van der Waals surface area contributed by atoms with E-state index in [0.29, 0.717) is 31.8 Å². The lowest BCUT2D eigenvalue weighted by Gasteiger charge is -2.17. The van der Waals surface area contributed by atoms with Crippen molar-refractivity contribution in [1.82, 2.24) is 19.6 Å². The van der Waals surface area contributed by atoms with Crippen molar-refractivity contribution in [2.75, 3.05) is 33.4 Å². The summed E-state index contributed by atoms with van der Waals surface area (Å²) in [4.78, 5) is 30.9. The SMILES string of the molecule is CCN(CC)C(=O)c1nc(C(=O)NCCOC)c2ccccn12. The molecule has 23 heavy (non-hydrogen) atoms. The second-order valence-electron chi connectivity index (χ2n) is 4.97. The average molecular weight is 318 g/mol. The zero-order chi connectivity index (χ0) is 16.8. The number of ether oxygens (including phenoxy) is 1. The first-order valence-corrected chi connectivity index (χ1v) is 7.67. The van der Waals surface area contributed by atoms with Crippen LogP contribution in [0.2, 0.25) is 0 Å². The highest BCUT2D eigenvalue weighted by molar-refractivity contribution is 6.02. The number of carbonyl (C=O) groups is 2. The molecule has 0 aliphatic carbocycles. The van der Waals surface area contributed by atoms with Gasteiger partial charge in [0.15, 0.2) is 5.69 Å². The molecule has 0 aliphatic rings. The Kier molecular flexibility index (Phi) is 5.70. The molecule has 124 valence electrons. The van der Waals surface area contributed by atoms with Crippen LogP contribution in [-0.2, 0) is 4.74 Å². The largest absolute Gasteiger partial charge is 0.383 e. The molecule has 0 fully saturated rings. The first-order valence-electron chi connectivity index (χ1n) is 7.67. The summed E-state index contributed by atoms with van der Waals surface area (Å²) in [7, 11) is 1.57. The molecule has 1 N–H and O–H groups in total. The summed E-state index contributed by atoms with van der Waals surface area (Å²) in [5.74, 6) is -0.252. The van der Waals surface area contributed by atoms with Gasteiger partial charge in [0.25, 0.3) is 11.8 Å². The Labute approximate surface area is 135 Å². The number of imidazole rings is 1. The predicted octanol–water partition coefficient (Wildman–Crippen LogP) is 1.19. The number of hydrogen-bond acceptors (Lipinski definition) is 4. The summed E-state index contributed by atoms with van der Waals surface area (Å²) in [6.45, 7) is 5.81. The number of pyridine rings is 1. The first-order chi connectivity index (χ1) is 11.1. The van der Waals surface area contributed by atoms with E-state index >= 15 is 0 Å². The van der Waals surface area contributed by atoms with Gasteiger partial charge >= 0.3 is 0 Å². The Morgan fingerprint density at radius 3 is 2.70 bits per heavy atom. The van der Waals surface area contributed by atoms with Crippen molar-refractivity contribution in [2.24, 2.45) is 0 Å². The molecule has 2 aromatic rings. The van der Waals surface area contributed by atoms with Gasteiger partial charge in [0.05, 0.1) is 12.1 Å². The Hall–Kier alpha value is -2.41. The van der Waals surface area contributed by atoms with Gasteiger partial charge in [0, 0.05) is 32.9 Å². The van der Waals surface area contributed by atoms with Crippen LogP contribution < -0.4 is 5.32 Å². The minimum atomic E-state index is -0.315. The van der Waals surface area contributed by atoms with Crippen LogP contribution in [0.4, 0.5) is 0 Å². The molecule has 0 saturated heterocycles. The number of nitrogens with zero attached hydrogens (tertiary/aromatic N) is 3. The zero-order valence-electron chi connectivity index (χ0n) is 13.7. The van der Waals surface area contributed by atoms with Crippen molar-refractivity contribution in [3.8, 4) is 0 Å². The molecule has 2 heterocycles. The quantitative estimate of drug-likeness (QED) is 0.778. The van der Waals surface area contributed by atoms with E-state index in [4.69, 9.17) is 4.74 Å². The zero-order valence-corrected chi connectivity index (χ0v) is 13.7. The van der Waals surface area contributed by atoms with Crippen molar-refractivity contribution in [2.45, 2.75) is 13.8 Å². The minimum Gasteiger partial charge on any atom is -0.383 e. The minimum absolute atomic E-state index is 0.188. The van der Waals surface area contributed by atoms with E-state index in [0.717, 1.165) is 0 Å². The summed E-state index contributed by atoms with van der Waals surface area (Å²) >= 11 is 0. The highest BCUT2D eigenvalue weighted by Gasteiger charge is 2.23. The van der Waals surface area contributed by atoms with E-state index in [2.05, 4.69) is 10.3 Å². The smallest absolute Gasteiger partial charge is 0.290 e. The van der Waals surface area contributed by atoms with Gasteiger partial charge < -0.3 is 15.0 Å². The molecule has 0 aliphatic heterocycles. The molecule has 0 bridgehead atoms. The van der Waals surface area contributed by atoms with Gasteiger partial charge in [-0.05, 0) is 26.0 Å². The highest BCUT2D eigenvalue weighted by Crippen LogP contribution is 2.15. The van der Waals surface area contributed by atoms with E-state index in [1.54, 1.807) is 34.7 Å². The average Bonchev–Trinajstić information content (AvgIpc) is 2.95. The number of carbonyl (C=O) groups excluding carboxylic acids is 2. The lowest BCUT2D eigenvalue weighted by molar-refractivity contribution is 0.0760. The number of nitrogens with one attached hydrogen (secondary N) is 1. The standard InChI is InChI=1S/C16H22N4O3/c1-4-19(5-2)16(22)14-18-13(15(21)17-9-11-23-3)12-8-6-7-10-20(12)14/h6-8,10H,4-5,9,11H2,1-3H3,(H,17,21). The summed E-state index contributed by atoms with van der Waals surface area (Å²) in [6, 6.07) is 5.39. The summed E-state index contributed by atoms with van der Waals surface area (Å²) in [6.07, 6.45) is 1.74. The predicted molar refractivity (Wildman–Crippen MR) is 86.7 cm³/mol. The van der Waals surface area contributed by atoms with Crippen molar-refractivity contribution < 1.29 is 14.3 Å². The van der Waals surface area contributed by atoms with Crippen LogP contribution in [0.3, 0.4) is 0 Å². The third-order valence-electron chi connectivity index (χ3n) is 3.60. The monoisotopic (exact) mass is 318 g/mol. The van der Waals surface area contributed by atoms with Crippen LogP contribution in [0, 0.1) is 0 Å². The van der Waals surface area contributed by atoms with Crippen LogP contribution in [-0.4, -0.2) is 59.4 Å². The van der Waals surface area contributed by atoms with Gasteiger partial charge in [0.1, 0.15) is 0 Å². The molecule has 0 radical (unpaired) electrons. The number of rotatable bonds is 7. The van der Waals surface area contributed by atoms with Crippen LogP contribution in [0.5, 0.6) is 0 Å². The maximum Gasteiger partial charge on any atom is 0.290 e. The fourth-order valence-corrected chi connectivity index (χ4v) is 2.36. The normalized spacial score (nSPS) is 10.7. The van der Waals surface area contributed by atoms with Gasteiger partial charge in [-0.1, -0.05) is 6.07 Å². The lowest BCUT2D eigenvalue weighted by Crippen LogP contribution is -2.32. The molecule has 0 saturated carbocycles. The second kappa shape index (κ2) is 7.73. The molecule has 0 aromatic carbocycles. The van der Waals surface area contributed by atoms with Gasteiger partial charge in [-0.15, -0.1) is 0 Å². The lowest BCUT2D eigenvalue weighted by atomic mass is 10.3. The topological polar surface area (TPSA) is 75.9 Å². The second-order valence-corrected chi connectivity index (χ2v) is 4.97. The summed E-state index contributed by atoms with van der Waals surface area (Å²) in [5, 5.41) is 2.74. The summed E-state index contributed by atoms with van der Waals surface area (Å²) < 4.78 is 6.58. The number of fused-ring (bicyclic) bond motifs is 1. The van der Waals surface area contributed by atoms with E-state index in [1.807, 2.05) is 19.9 Å². The third-order valence-corrected chi connectivity index (χ3v) is 3.60. The van der Waals surface area contributed by atoms with E-state index < -0.39 is 0 Å². The van der Waals surface area contributed by atoms with Crippen LogP contribution >= 0.6 is 0 Å².